The van der Waals surface area contributed by atoms with Gasteiger partial charge in [-0.1, -0.05) is 11.6 Å². The number of hydrogen-bond donors (Lipinski definition) is 0. The zero-order valence-electron chi connectivity index (χ0n) is 12.2. The van der Waals surface area contributed by atoms with Crippen molar-refractivity contribution in [3.8, 4) is 5.75 Å². The van der Waals surface area contributed by atoms with E-state index in [4.69, 9.17) is 21.1 Å². The number of halogens is 2. The molecule has 1 aromatic heterocycles. The van der Waals surface area contributed by atoms with Gasteiger partial charge in [0.2, 0.25) is 0 Å². The van der Waals surface area contributed by atoms with E-state index < -0.39 is 5.60 Å². The number of rotatable bonds is 2. The Hall–Kier alpha value is -1.01. The molecule has 1 fully saturated rings. The first-order valence-corrected chi connectivity index (χ1v) is 7.87. The highest BCUT2D eigenvalue weighted by Crippen LogP contribution is 2.26. The molecule has 0 radical (unpaired) electrons. The van der Waals surface area contributed by atoms with Crippen molar-refractivity contribution in [1.29, 1.82) is 0 Å². The van der Waals surface area contributed by atoms with E-state index in [1.54, 1.807) is 17.2 Å². The van der Waals surface area contributed by atoms with Crippen molar-refractivity contribution in [2.24, 2.45) is 0 Å². The largest absolute Gasteiger partial charge is 0.487 e. The van der Waals surface area contributed by atoms with Crippen LogP contribution < -0.4 is 4.74 Å². The SMILES string of the molecule is CC(C)(C)OC(=O)N1CC[C@H](Oc2cnc(Cl)c(Br)c2)C1. The molecule has 0 bridgehead atoms. The van der Waals surface area contributed by atoms with Gasteiger partial charge in [0, 0.05) is 13.0 Å². The lowest BCUT2D eigenvalue weighted by Gasteiger charge is -2.24. The summed E-state index contributed by atoms with van der Waals surface area (Å²) in [7, 11) is 0. The van der Waals surface area contributed by atoms with Gasteiger partial charge < -0.3 is 14.4 Å². The van der Waals surface area contributed by atoms with Crippen LogP contribution in [0.5, 0.6) is 5.75 Å². The summed E-state index contributed by atoms with van der Waals surface area (Å²) in [5.41, 5.74) is -0.485. The Balaban J connectivity index is 1.90. The van der Waals surface area contributed by atoms with Gasteiger partial charge in [-0.2, -0.15) is 0 Å². The van der Waals surface area contributed by atoms with Crippen LogP contribution in [0.3, 0.4) is 0 Å². The lowest BCUT2D eigenvalue weighted by Crippen LogP contribution is -2.36. The minimum atomic E-state index is -0.485. The smallest absolute Gasteiger partial charge is 0.410 e. The van der Waals surface area contributed by atoms with E-state index in [0.29, 0.717) is 28.5 Å². The van der Waals surface area contributed by atoms with E-state index in [0.717, 1.165) is 6.42 Å². The van der Waals surface area contributed by atoms with Crippen LogP contribution in [0.2, 0.25) is 5.15 Å². The van der Waals surface area contributed by atoms with E-state index in [1.165, 1.54) is 0 Å². The summed E-state index contributed by atoms with van der Waals surface area (Å²) < 4.78 is 11.9. The molecule has 2 rings (SSSR count). The highest BCUT2D eigenvalue weighted by Gasteiger charge is 2.30. The van der Waals surface area contributed by atoms with Crippen molar-refractivity contribution in [1.82, 2.24) is 9.88 Å². The Labute approximate surface area is 137 Å². The summed E-state index contributed by atoms with van der Waals surface area (Å²) in [6.45, 7) is 6.69. The molecule has 0 unspecified atom stereocenters. The van der Waals surface area contributed by atoms with Crippen LogP contribution in [0.1, 0.15) is 27.2 Å². The summed E-state index contributed by atoms with van der Waals surface area (Å²) >= 11 is 9.15. The normalized spacial score (nSPS) is 18.7. The third-order valence-electron chi connectivity index (χ3n) is 2.87. The molecule has 7 heteroatoms. The van der Waals surface area contributed by atoms with Crippen LogP contribution in [-0.4, -0.2) is 40.8 Å². The molecule has 5 nitrogen and oxygen atoms in total. The fraction of sp³-hybridized carbons (Fsp3) is 0.571. The molecule has 0 saturated carbocycles. The summed E-state index contributed by atoms with van der Waals surface area (Å²) in [5, 5.41) is 0.393. The number of nitrogens with zero attached hydrogens (tertiary/aromatic N) is 2. The van der Waals surface area contributed by atoms with Crippen LogP contribution in [0.25, 0.3) is 0 Å². The molecule has 1 saturated heterocycles. The zero-order valence-corrected chi connectivity index (χ0v) is 14.6. The minimum Gasteiger partial charge on any atom is -0.487 e. The van der Waals surface area contributed by atoms with Crippen LogP contribution in [0, 0.1) is 0 Å². The molecule has 0 aromatic carbocycles. The Kier molecular flexibility index (Phi) is 4.99. The van der Waals surface area contributed by atoms with Gasteiger partial charge in [-0.15, -0.1) is 0 Å². The van der Waals surface area contributed by atoms with E-state index in [1.807, 2.05) is 20.8 Å². The van der Waals surface area contributed by atoms with Gasteiger partial charge in [-0.05, 0) is 42.8 Å². The van der Waals surface area contributed by atoms with Crippen molar-refractivity contribution in [3.05, 3.63) is 21.9 Å². The predicted octanol–water partition coefficient (Wildman–Crippen LogP) is 3.89. The molecule has 0 N–H and O–H groups in total. The van der Waals surface area contributed by atoms with E-state index in [2.05, 4.69) is 20.9 Å². The van der Waals surface area contributed by atoms with Crippen molar-refractivity contribution in [2.75, 3.05) is 13.1 Å². The van der Waals surface area contributed by atoms with Gasteiger partial charge in [0.1, 0.15) is 22.6 Å². The van der Waals surface area contributed by atoms with Gasteiger partial charge in [0.15, 0.2) is 0 Å². The Morgan fingerprint density at radius 3 is 2.86 bits per heavy atom. The highest BCUT2D eigenvalue weighted by molar-refractivity contribution is 9.10. The first-order valence-electron chi connectivity index (χ1n) is 6.70. The van der Waals surface area contributed by atoms with Gasteiger partial charge >= 0.3 is 6.09 Å². The maximum absolute atomic E-state index is 12.0. The molecule has 1 atom stereocenters. The second kappa shape index (κ2) is 6.40. The maximum Gasteiger partial charge on any atom is 0.410 e. The van der Waals surface area contributed by atoms with Crippen LogP contribution >= 0.6 is 27.5 Å². The Morgan fingerprint density at radius 2 is 2.24 bits per heavy atom. The van der Waals surface area contributed by atoms with E-state index in [-0.39, 0.29) is 12.2 Å². The van der Waals surface area contributed by atoms with Gasteiger partial charge in [-0.3, -0.25) is 0 Å². The average molecular weight is 378 g/mol. The fourth-order valence-electron chi connectivity index (χ4n) is 1.98. The van der Waals surface area contributed by atoms with Gasteiger partial charge in [0.05, 0.1) is 17.2 Å². The third kappa shape index (κ3) is 4.74. The number of hydrogen-bond acceptors (Lipinski definition) is 4. The number of amides is 1. The Morgan fingerprint density at radius 1 is 1.52 bits per heavy atom. The molecular formula is C14H18BrClN2O3. The average Bonchev–Trinajstić information content (AvgIpc) is 2.80. The minimum absolute atomic E-state index is 0.0626. The topological polar surface area (TPSA) is 51.7 Å². The number of aromatic nitrogens is 1. The predicted molar refractivity (Wildman–Crippen MR) is 83.8 cm³/mol. The second-order valence-corrected chi connectivity index (χ2v) is 7.11. The fourth-order valence-corrected chi connectivity index (χ4v) is 2.41. The third-order valence-corrected chi connectivity index (χ3v) is 4.00. The first-order chi connectivity index (χ1) is 9.74. The van der Waals surface area contributed by atoms with E-state index in [9.17, 15) is 4.79 Å². The molecule has 116 valence electrons. The van der Waals surface area contributed by atoms with Crippen LogP contribution in [0.15, 0.2) is 16.7 Å². The summed E-state index contributed by atoms with van der Waals surface area (Å²) in [4.78, 5) is 17.6. The molecule has 0 aliphatic carbocycles. The summed E-state index contributed by atoms with van der Waals surface area (Å²) in [5.74, 6) is 0.627. The van der Waals surface area contributed by atoms with Crippen molar-refractivity contribution >= 4 is 33.6 Å². The zero-order chi connectivity index (χ0) is 15.6. The monoisotopic (exact) mass is 376 g/mol. The van der Waals surface area contributed by atoms with Crippen molar-refractivity contribution in [3.63, 3.8) is 0 Å². The summed E-state index contributed by atoms with van der Waals surface area (Å²) in [6, 6.07) is 1.77. The standard InChI is InChI=1S/C14H18BrClN2O3/c1-14(2,3)21-13(19)18-5-4-9(8-18)20-10-6-11(15)12(16)17-7-10/h6-7,9H,4-5,8H2,1-3H3/t9-/m0/s1. The van der Waals surface area contributed by atoms with Crippen LogP contribution in [-0.2, 0) is 4.74 Å². The van der Waals surface area contributed by atoms with Crippen LogP contribution in [0.4, 0.5) is 4.79 Å². The number of pyridine rings is 1. The molecule has 21 heavy (non-hydrogen) atoms. The van der Waals surface area contributed by atoms with Gasteiger partial charge in [-0.25, -0.2) is 9.78 Å². The van der Waals surface area contributed by atoms with Crippen molar-refractivity contribution < 1.29 is 14.3 Å². The molecule has 0 spiro atoms. The molecule has 1 amide bonds. The molecule has 1 aliphatic rings. The molecule has 2 heterocycles. The lowest BCUT2D eigenvalue weighted by atomic mass is 10.2. The molecule has 1 aromatic rings. The van der Waals surface area contributed by atoms with Gasteiger partial charge in [0.25, 0.3) is 0 Å². The number of carbonyl (C=O) groups excluding carboxylic acids is 1. The van der Waals surface area contributed by atoms with Crippen molar-refractivity contribution in [2.45, 2.75) is 38.9 Å². The molecular weight excluding hydrogens is 360 g/mol. The first kappa shape index (κ1) is 16.4. The second-order valence-electron chi connectivity index (χ2n) is 5.90. The number of ether oxygens (including phenoxy) is 2. The maximum atomic E-state index is 12.0. The highest BCUT2D eigenvalue weighted by atomic mass is 79.9. The number of carbonyl (C=O) groups is 1. The Bertz CT molecular complexity index is 533. The summed E-state index contributed by atoms with van der Waals surface area (Å²) in [6.07, 6.45) is 1.97. The van der Waals surface area contributed by atoms with E-state index >= 15 is 0 Å². The number of likely N-dealkylation sites (tertiary alicyclic amines) is 1. The lowest BCUT2D eigenvalue weighted by molar-refractivity contribution is 0.0275. The molecule has 1 aliphatic heterocycles. The quantitative estimate of drug-likeness (QED) is 0.734.